The standard InChI is InChI=1S/C14H23N5S/c1-5-18-13-12(10(3)16-18)15-14(20)19(13)11-6-7-17(4)8-9(11)2/h9,11H,5-8H2,1-4H3,(H,15,20). The maximum atomic E-state index is 5.59. The average Bonchev–Trinajstić information content (AvgIpc) is 2.88. The van der Waals surface area contributed by atoms with Crippen molar-refractivity contribution in [3.63, 3.8) is 0 Å². The molecule has 0 radical (unpaired) electrons. The summed E-state index contributed by atoms with van der Waals surface area (Å²) < 4.78 is 5.22. The number of rotatable bonds is 2. The third-order valence-electron chi connectivity index (χ3n) is 4.47. The average molecular weight is 293 g/mol. The molecular formula is C14H23N5S. The summed E-state index contributed by atoms with van der Waals surface area (Å²) >= 11 is 5.59. The van der Waals surface area contributed by atoms with Crippen LogP contribution in [0.25, 0.3) is 11.2 Å². The maximum absolute atomic E-state index is 5.59. The quantitative estimate of drug-likeness (QED) is 0.866. The molecule has 2 atom stereocenters. The fourth-order valence-corrected chi connectivity index (χ4v) is 3.80. The summed E-state index contributed by atoms with van der Waals surface area (Å²) in [5, 5.41) is 4.61. The number of hydrogen-bond donors (Lipinski definition) is 1. The zero-order valence-electron chi connectivity index (χ0n) is 12.7. The van der Waals surface area contributed by atoms with Crippen LogP contribution in [0.2, 0.25) is 0 Å². The molecule has 1 aliphatic rings. The molecule has 2 unspecified atom stereocenters. The van der Waals surface area contributed by atoms with Crippen molar-refractivity contribution in [1.82, 2.24) is 24.2 Å². The Bertz CT molecular complexity index is 680. The summed E-state index contributed by atoms with van der Waals surface area (Å²) in [7, 11) is 2.19. The number of piperidine rings is 1. The number of H-pyrrole nitrogens is 1. The molecule has 0 saturated carbocycles. The van der Waals surface area contributed by atoms with Gasteiger partial charge in [-0.15, -0.1) is 0 Å². The van der Waals surface area contributed by atoms with Crippen LogP contribution in [-0.4, -0.2) is 44.4 Å². The number of likely N-dealkylation sites (tertiary alicyclic amines) is 1. The third-order valence-corrected chi connectivity index (χ3v) is 4.77. The summed E-state index contributed by atoms with van der Waals surface area (Å²) in [5.41, 5.74) is 3.30. The lowest BCUT2D eigenvalue weighted by Crippen LogP contribution is -2.38. The van der Waals surface area contributed by atoms with E-state index in [-0.39, 0.29) is 0 Å². The molecule has 2 aromatic heterocycles. The molecule has 0 aromatic carbocycles. The summed E-state index contributed by atoms with van der Waals surface area (Å²) in [6.07, 6.45) is 1.15. The van der Waals surface area contributed by atoms with Crippen LogP contribution in [0.5, 0.6) is 0 Å². The molecule has 110 valence electrons. The number of aryl methyl sites for hydroxylation is 2. The molecule has 0 spiro atoms. The van der Waals surface area contributed by atoms with Crippen molar-refractivity contribution in [3.05, 3.63) is 10.5 Å². The van der Waals surface area contributed by atoms with E-state index in [1.807, 2.05) is 6.92 Å². The number of imidazole rings is 1. The van der Waals surface area contributed by atoms with E-state index >= 15 is 0 Å². The van der Waals surface area contributed by atoms with Crippen LogP contribution < -0.4 is 0 Å². The van der Waals surface area contributed by atoms with Gasteiger partial charge in [0.05, 0.1) is 5.69 Å². The normalized spacial score (nSPS) is 24.6. The van der Waals surface area contributed by atoms with E-state index in [1.54, 1.807) is 0 Å². The van der Waals surface area contributed by atoms with Gasteiger partial charge in [-0.25, -0.2) is 4.68 Å². The molecule has 1 fully saturated rings. The minimum Gasteiger partial charge on any atom is -0.328 e. The number of nitrogens with zero attached hydrogens (tertiary/aromatic N) is 4. The second-order valence-corrected chi connectivity index (χ2v) is 6.38. The van der Waals surface area contributed by atoms with Gasteiger partial charge in [-0.1, -0.05) is 6.92 Å². The zero-order chi connectivity index (χ0) is 14.4. The van der Waals surface area contributed by atoms with E-state index in [1.165, 1.54) is 0 Å². The van der Waals surface area contributed by atoms with Crippen LogP contribution in [0.4, 0.5) is 0 Å². The lowest BCUT2D eigenvalue weighted by atomic mass is 9.94. The molecular weight excluding hydrogens is 270 g/mol. The van der Waals surface area contributed by atoms with E-state index < -0.39 is 0 Å². The van der Waals surface area contributed by atoms with Gasteiger partial charge in [-0.3, -0.25) is 4.57 Å². The molecule has 3 rings (SSSR count). The highest BCUT2D eigenvalue weighted by Crippen LogP contribution is 2.31. The van der Waals surface area contributed by atoms with Crippen LogP contribution in [0.15, 0.2) is 0 Å². The van der Waals surface area contributed by atoms with Crippen molar-refractivity contribution in [2.45, 2.75) is 39.8 Å². The van der Waals surface area contributed by atoms with E-state index in [2.05, 4.69) is 45.1 Å². The summed E-state index contributed by atoms with van der Waals surface area (Å²) in [6.45, 7) is 9.62. The minimum absolute atomic E-state index is 0.467. The van der Waals surface area contributed by atoms with Crippen LogP contribution in [0.1, 0.15) is 32.0 Å². The van der Waals surface area contributed by atoms with Gasteiger partial charge in [0.15, 0.2) is 10.4 Å². The van der Waals surface area contributed by atoms with Gasteiger partial charge < -0.3 is 9.88 Å². The summed E-state index contributed by atoms with van der Waals surface area (Å²) in [5.74, 6) is 0.597. The molecule has 20 heavy (non-hydrogen) atoms. The van der Waals surface area contributed by atoms with Gasteiger partial charge >= 0.3 is 0 Å². The van der Waals surface area contributed by atoms with E-state index in [0.29, 0.717) is 12.0 Å². The monoisotopic (exact) mass is 293 g/mol. The Kier molecular flexibility index (Phi) is 3.46. The van der Waals surface area contributed by atoms with E-state index in [0.717, 1.165) is 47.7 Å². The highest BCUT2D eigenvalue weighted by Gasteiger charge is 2.29. The first-order chi connectivity index (χ1) is 9.52. The number of fused-ring (bicyclic) bond motifs is 1. The third kappa shape index (κ3) is 2.02. The predicted octanol–water partition coefficient (Wildman–Crippen LogP) is 2.74. The van der Waals surface area contributed by atoms with Crippen molar-refractivity contribution < 1.29 is 0 Å². The van der Waals surface area contributed by atoms with Crippen LogP contribution in [0.3, 0.4) is 0 Å². The summed E-state index contributed by atoms with van der Waals surface area (Å²) in [6, 6.07) is 0.467. The first kappa shape index (κ1) is 13.8. The number of aromatic nitrogens is 4. The molecule has 1 saturated heterocycles. The molecule has 2 aromatic rings. The van der Waals surface area contributed by atoms with E-state index in [4.69, 9.17) is 12.2 Å². The number of nitrogens with one attached hydrogen (secondary N) is 1. The fraction of sp³-hybridized carbons (Fsp3) is 0.714. The molecule has 0 amide bonds. The Morgan fingerprint density at radius 1 is 1.45 bits per heavy atom. The Morgan fingerprint density at radius 2 is 2.20 bits per heavy atom. The number of aromatic amines is 1. The minimum atomic E-state index is 0.467. The highest BCUT2D eigenvalue weighted by atomic mass is 32.1. The Balaban J connectivity index is 2.15. The molecule has 3 heterocycles. The van der Waals surface area contributed by atoms with Gasteiger partial charge in [-0.2, -0.15) is 5.10 Å². The molecule has 0 bridgehead atoms. The van der Waals surface area contributed by atoms with Gasteiger partial charge in [0, 0.05) is 19.1 Å². The smallest absolute Gasteiger partial charge is 0.179 e. The molecule has 1 N–H and O–H groups in total. The van der Waals surface area contributed by atoms with Crippen LogP contribution in [0, 0.1) is 17.6 Å². The van der Waals surface area contributed by atoms with Gasteiger partial charge in [-0.05, 0) is 52.0 Å². The van der Waals surface area contributed by atoms with Gasteiger partial charge in [0.2, 0.25) is 0 Å². The zero-order valence-corrected chi connectivity index (χ0v) is 13.5. The first-order valence-corrected chi connectivity index (χ1v) is 7.80. The lowest BCUT2D eigenvalue weighted by molar-refractivity contribution is 0.159. The maximum Gasteiger partial charge on any atom is 0.179 e. The van der Waals surface area contributed by atoms with Crippen molar-refractivity contribution in [3.8, 4) is 0 Å². The Labute approximate surface area is 124 Å². The van der Waals surface area contributed by atoms with Crippen molar-refractivity contribution >= 4 is 23.4 Å². The SMILES string of the molecule is CCn1nc(C)c2[nH]c(=S)n(C3CCN(C)CC3C)c21. The molecule has 5 nitrogen and oxygen atoms in total. The van der Waals surface area contributed by atoms with Crippen molar-refractivity contribution in [2.75, 3.05) is 20.1 Å². The van der Waals surface area contributed by atoms with Gasteiger partial charge in [0.1, 0.15) is 5.52 Å². The second-order valence-electron chi connectivity index (χ2n) is 6.00. The lowest BCUT2D eigenvalue weighted by Gasteiger charge is -2.35. The predicted molar refractivity (Wildman–Crippen MR) is 83.6 cm³/mol. The van der Waals surface area contributed by atoms with Crippen LogP contribution >= 0.6 is 12.2 Å². The largest absolute Gasteiger partial charge is 0.328 e. The number of hydrogen-bond acceptors (Lipinski definition) is 3. The Hall–Kier alpha value is -1.14. The first-order valence-electron chi connectivity index (χ1n) is 7.39. The fourth-order valence-electron chi connectivity index (χ4n) is 3.48. The molecule has 0 aliphatic carbocycles. The molecule has 6 heteroatoms. The summed E-state index contributed by atoms with van der Waals surface area (Å²) in [4.78, 5) is 5.76. The second kappa shape index (κ2) is 5.00. The highest BCUT2D eigenvalue weighted by molar-refractivity contribution is 7.71. The Morgan fingerprint density at radius 3 is 2.85 bits per heavy atom. The van der Waals surface area contributed by atoms with Crippen molar-refractivity contribution in [1.29, 1.82) is 0 Å². The molecule has 1 aliphatic heterocycles. The van der Waals surface area contributed by atoms with Gasteiger partial charge in [0.25, 0.3) is 0 Å². The van der Waals surface area contributed by atoms with Crippen molar-refractivity contribution in [2.24, 2.45) is 5.92 Å². The van der Waals surface area contributed by atoms with Crippen LogP contribution in [-0.2, 0) is 6.54 Å². The van der Waals surface area contributed by atoms with E-state index in [9.17, 15) is 0 Å². The topological polar surface area (TPSA) is 41.8 Å².